The maximum Gasteiger partial charge on any atom is 0.323 e. The molecular formula is C20H22N2O3. The lowest BCUT2D eigenvalue weighted by atomic mass is 10.1. The summed E-state index contributed by atoms with van der Waals surface area (Å²) in [5.41, 5.74) is 7.08. The van der Waals surface area contributed by atoms with Crippen LogP contribution in [0.2, 0.25) is 0 Å². The summed E-state index contributed by atoms with van der Waals surface area (Å²) in [4.78, 5) is 16.2. The second kappa shape index (κ2) is 7.51. The Bertz CT molecular complexity index is 886. The van der Waals surface area contributed by atoms with Gasteiger partial charge in [0, 0.05) is 30.1 Å². The molecule has 1 atom stereocenters. The average molecular weight is 338 g/mol. The van der Waals surface area contributed by atoms with Gasteiger partial charge in [-0.3, -0.25) is 4.79 Å². The number of fused-ring (bicyclic) bond motifs is 1. The third kappa shape index (κ3) is 3.90. The number of hydrogen-bond donors (Lipinski definition) is 2. The number of carboxylic acids is 1. The normalized spacial score (nSPS) is 12.4. The largest absolute Gasteiger partial charge is 0.480 e. The van der Waals surface area contributed by atoms with Gasteiger partial charge >= 0.3 is 5.97 Å². The van der Waals surface area contributed by atoms with Gasteiger partial charge in [0.2, 0.25) is 0 Å². The molecule has 0 saturated carbocycles. The molecule has 2 N–H and O–H groups in total. The van der Waals surface area contributed by atoms with Gasteiger partial charge in [-0.15, -0.1) is 0 Å². The molecule has 0 aliphatic carbocycles. The number of rotatable bonds is 7. The molecule has 0 aliphatic heterocycles. The standard InChI is InChI=1S/C20H22N2O3/c1-14-6-5-7-15(10-14)12-22-13-16(11-18(20(23)24)21-25-2)17-8-3-4-9-19(17)22/h3-10,13,18,21H,11-12H2,1-2H3,(H,23,24)/t18-/m0/s1. The van der Waals surface area contributed by atoms with Crippen LogP contribution in [-0.2, 0) is 22.6 Å². The van der Waals surface area contributed by atoms with Crippen molar-refractivity contribution in [1.29, 1.82) is 0 Å². The summed E-state index contributed by atoms with van der Waals surface area (Å²) in [6, 6.07) is 15.7. The molecule has 0 spiro atoms. The van der Waals surface area contributed by atoms with E-state index in [-0.39, 0.29) is 0 Å². The van der Waals surface area contributed by atoms with E-state index in [1.807, 2.05) is 24.4 Å². The highest BCUT2D eigenvalue weighted by Gasteiger charge is 2.20. The summed E-state index contributed by atoms with van der Waals surface area (Å²) in [5, 5.41) is 10.4. The SMILES string of the molecule is CON[C@@H](Cc1cn(Cc2cccc(C)c2)c2ccccc12)C(=O)O. The van der Waals surface area contributed by atoms with E-state index in [0.717, 1.165) is 23.0 Å². The lowest BCUT2D eigenvalue weighted by Crippen LogP contribution is -2.37. The first-order valence-electron chi connectivity index (χ1n) is 8.22. The molecule has 3 aromatic rings. The van der Waals surface area contributed by atoms with Crippen molar-refractivity contribution in [2.45, 2.75) is 25.9 Å². The van der Waals surface area contributed by atoms with Crippen molar-refractivity contribution in [3.05, 3.63) is 71.4 Å². The first-order chi connectivity index (χ1) is 12.1. The van der Waals surface area contributed by atoms with Crippen LogP contribution in [0.3, 0.4) is 0 Å². The fourth-order valence-electron chi connectivity index (χ4n) is 3.17. The minimum absolute atomic E-state index is 0.352. The highest BCUT2D eigenvalue weighted by atomic mass is 16.6. The fraction of sp³-hybridized carbons (Fsp3) is 0.250. The number of nitrogens with one attached hydrogen (secondary N) is 1. The Labute approximate surface area is 146 Å². The molecule has 1 heterocycles. The van der Waals surface area contributed by atoms with Crippen LogP contribution in [0.15, 0.2) is 54.7 Å². The number of aliphatic carboxylic acids is 1. The Hall–Kier alpha value is -2.63. The first kappa shape index (κ1) is 17.2. The Kier molecular flexibility index (Phi) is 5.16. The van der Waals surface area contributed by atoms with Gasteiger partial charge in [0.25, 0.3) is 0 Å². The highest BCUT2D eigenvalue weighted by Crippen LogP contribution is 2.24. The van der Waals surface area contributed by atoms with Crippen LogP contribution in [0.5, 0.6) is 0 Å². The zero-order chi connectivity index (χ0) is 17.8. The van der Waals surface area contributed by atoms with Gasteiger partial charge in [-0.1, -0.05) is 48.0 Å². The van der Waals surface area contributed by atoms with Crippen LogP contribution >= 0.6 is 0 Å². The van der Waals surface area contributed by atoms with E-state index < -0.39 is 12.0 Å². The lowest BCUT2D eigenvalue weighted by Gasteiger charge is -2.11. The molecule has 1 aromatic heterocycles. The molecule has 0 saturated heterocycles. The molecular weight excluding hydrogens is 316 g/mol. The third-order valence-corrected chi connectivity index (χ3v) is 4.29. The number of carbonyl (C=O) groups is 1. The first-order valence-corrected chi connectivity index (χ1v) is 8.22. The molecule has 0 bridgehead atoms. The van der Waals surface area contributed by atoms with Crippen LogP contribution < -0.4 is 5.48 Å². The van der Waals surface area contributed by atoms with E-state index in [4.69, 9.17) is 4.84 Å². The zero-order valence-electron chi connectivity index (χ0n) is 14.4. The number of hydroxylamine groups is 1. The van der Waals surface area contributed by atoms with Crippen molar-refractivity contribution in [3.63, 3.8) is 0 Å². The molecule has 25 heavy (non-hydrogen) atoms. The maximum atomic E-state index is 11.4. The summed E-state index contributed by atoms with van der Waals surface area (Å²) >= 11 is 0. The van der Waals surface area contributed by atoms with Crippen molar-refractivity contribution >= 4 is 16.9 Å². The molecule has 3 rings (SSSR count). The van der Waals surface area contributed by atoms with Crippen LogP contribution in [0, 0.1) is 6.92 Å². The van der Waals surface area contributed by atoms with Gasteiger partial charge in [-0.25, -0.2) is 0 Å². The summed E-state index contributed by atoms with van der Waals surface area (Å²) < 4.78 is 2.17. The molecule has 2 aromatic carbocycles. The minimum Gasteiger partial charge on any atom is -0.480 e. The molecule has 0 fully saturated rings. The van der Waals surface area contributed by atoms with Crippen molar-refractivity contribution < 1.29 is 14.7 Å². The van der Waals surface area contributed by atoms with Gasteiger partial charge in [0.15, 0.2) is 0 Å². The Balaban J connectivity index is 1.96. The zero-order valence-corrected chi connectivity index (χ0v) is 14.4. The molecule has 0 amide bonds. The van der Waals surface area contributed by atoms with Crippen LogP contribution in [0.1, 0.15) is 16.7 Å². The Morgan fingerprint density at radius 3 is 2.76 bits per heavy atom. The monoisotopic (exact) mass is 338 g/mol. The van der Waals surface area contributed by atoms with Crippen molar-refractivity contribution in [1.82, 2.24) is 10.0 Å². The second-order valence-electron chi connectivity index (χ2n) is 6.21. The topological polar surface area (TPSA) is 63.5 Å². The second-order valence-corrected chi connectivity index (χ2v) is 6.21. The summed E-state index contributed by atoms with van der Waals surface area (Å²) in [5.74, 6) is -0.933. The number of carboxylic acid groups (broad SMARTS) is 1. The van der Waals surface area contributed by atoms with E-state index in [0.29, 0.717) is 6.42 Å². The predicted molar refractivity (Wildman–Crippen MR) is 97.5 cm³/mol. The number of hydrogen-bond acceptors (Lipinski definition) is 3. The van der Waals surface area contributed by atoms with Gasteiger partial charge in [0.05, 0.1) is 7.11 Å². The van der Waals surface area contributed by atoms with Gasteiger partial charge in [-0.2, -0.15) is 5.48 Å². The molecule has 5 nitrogen and oxygen atoms in total. The van der Waals surface area contributed by atoms with Gasteiger partial charge < -0.3 is 14.5 Å². The molecule has 130 valence electrons. The van der Waals surface area contributed by atoms with Crippen LogP contribution in [0.4, 0.5) is 0 Å². The fourth-order valence-corrected chi connectivity index (χ4v) is 3.17. The van der Waals surface area contributed by atoms with Crippen molar-refractivity contribution in [3.8, 4) is 0 Å². The Morgan fingerprint density at radius 2 is 2.04 bits per heavy atom. The average Bonchev–Trinajstić information content (AvgIpc) is 2.92. The van der Waals surface area contributed by atoms with E-state index in [1.54, 1.807) is 0 Å². The minimum atomic E-state index is -0.933. The summed E-state index contributed by atoms with van der Waals surface area (Å²) in [6.07, 6.45) is 2.39. The van der Waals surface area contributed by atoms with Crippen LogP contribution in [-0.4, -0.2) is 28.8 Å². The molecule has 5 heteroatoms. The number of aromatic nitrogens is 1. The van der Waals surface area contributed by atoms with E-state index in [2.05, 4.69) is 47.3 Å². The number of para-hydroxylation sites is 1. The highest BCUT2D eigenvalue weighted by molar-refractivity contribution is 5.85. The lowest BCUT2D eigenvalue weighted by molar-refractivity contribution is -0.143. The van der Waals surface area contributed by atoms with E-state index in [1.165, 1.54) is 18.2 Å². The van der Waals surface area contributed by atoms with Gasteiger partial charge in [0.1, 0.15) is 6.04 Å². The van der Waals surface area contributed by atoms with Crippen molar-refractivity contribution in [2.75, 3.05) is 7.11 Å². The number of benzene rings is 2. The Morgan fingerprint density at radius 1 is 1.24 bits per heavy atom. The number of nitrogens with zero attached hydrogens (tertiary/aromatic N) is 1. The quantitative estimate of drug-likeness (QED) is 0.650. The number of aryl methyl sites for hydroxylation is 1. The van der Waals surface area contributed by atoms with E-state index >= 15 is 0 Å². The summed E-state index contributed by atoms with van der Waals surface area (Å²) in [7, 11) is 1.43. The summed E-state index contributed by atoms with van der Waals surface area (Å²) in [6.45, 7) is 2.83. The molecule has 0 radical (unpaired) electrons. The van der Waals surface area contributed by atoms with Crippen molar-refractivity contribution in [2.24, 2.45) is 0 Å². The third-order valence-electron chi connectivity index (χ3n) is 4.29. The van der Waals surface area contributed by atoms with Crippen LogP contribution in [0.25, 0.3) is 10.9 Å². The molecule has 0 unspecified atom stereocenters. The predicted octanol–water partition coefficient (Wildman–Crippen LogP) is 3.14. The smallest absolute Gasteiger partial charge is 0.323 e. The maximum absolute atomic E-state index is 11.4. The van der Waals surface area contributed by atoms with E-state index in [9.17, 15) is 9.90 Å². The van der Waals surface area contributed by atoms with Gasteiger partial charge in [-0.05, 0) is 24.1 Å². The molecule has 0 aliphatic rings.